The Morgan fingerprint density at radius 3 is 2.75 bits per heavy atom. The molecule has 36 heavy (non-hydrogen) atoms. The summed E-state index contributed by atoms with van der Waals surface area (Å²) in [6.45, 7) is 8.52. The molecule has 0 radical (unpaired) electrons. The van der Waals surface area contributed by atoms with Crippen molar-refractivity contribution in [2.45, 2.75) is 45.1 Å². The van der Waals surface area contributed by atoms with Crippen LogP contribution in [0.15, 0.2) is 36.7 Å². The van der Waals surface area contributed by atoms with Crippen LogP contribution in [0, 0.1) is 5.82 Å². The summed E-state index contributed by atoms with van der Waals surface area (Å²) in [5, 5.41) is 4.22. The molecule has 0 bridgehead atoms. The predicted octanol–water partition coefficient (Wildman–Crippen LogP) is 5.28. The number of H-pyrrole nitrogens is 1. The number of aromatic amines is 1. The molecule has 1 fully saturated rings. The predicted molar refractivity (Wildman–Crippen MR) is 139 cm³/mol. The number of likely N-dealkylation sites (tertiary alicyclic amines) is 1. The molecular weight excluding hydrogens is 459 g/mol. The van der Waals surface area contributed by atoms with E-state index in [-0.39, 0.29) is 17.8 Å². The van der Waals surface area contributed by atoms with Crippen molar-refractivity contribution in [3.63, 3.8) is 0 Å². The van der Waals surface area contributed by atoms with Crippen molar-refractivity contribution in [2.24, 2.45) is 0 Å². The molecular formula is C27H33FN6O2. The van der Waals surface area contributed by atoms with Crippen LogP contribution in [0.4, 0.5) is 20.7 Å². The van der Waals surface area contributed by atoms with E-state index in [0.29, 0.717) is 25.3 Å². The third kappa shape index (κ3) is 5.21. The van der Waals surface area contributed by atoms with Gasteiger partial charge in [-0.05, 0) is 82.6 Å². The Hall–Kier alpha value is -3.46. The summed E-state index contributed by atoms with van der Waals surface area (Å²) >= 11 is 0. The summed E-state index contributed by atoms with van der Waals surface area (Å²) in [7, 11) is 2.07. The molecule has 3 aromatic rings. The monoisotopic (exact) mass is 492 g/mol. The number of aromatic nitrogens is 3. The van der Waals surface area contributed by atoms with E-state index in [1.54, 1.807) is 11.0 Å². The fourth-order valence-electron chi connectivity index (χ4n) is 4.88. The first kappa shape index (κ1) is 24.2. The maximum atomic E-state index is 14.6. The largest absolute Gasteiger partial charge is 0.444 e. The minimum absolute atomic E-state index is 0.165. The highest BCUT2D eigenvalue weighted by molar-refractivity contribution is 5.92. The van der Waals surface area contributed by atoms with Crippen LogP contribution in [0.5, 0.6) is 0 Å². The topological polar surface area (TPSA) is 86.4 Å². The van der Waals surface area contributed by atoms with Crippen LogP contribution < -0.4 is 5.32 Å². The van der Waals surface area contributed by atoms with Gasteiger partial charge in [-0.1, -0.05) is 6.08 Å². The second-order valence-corrected chi connectivity index (χ2v) is 10.7. The number of nitrogens with zero attached hydrogens (tertiary/aromatic N) is 4. The number of nitrogens with one attached hydrogen (secondary N) is 2. The number of ether oxygens (including phenoxy) is 1. The Labute approximate surface area is 210 Å². The van der Waals surface area contributed by atoms with Gasteiger partial charge in [0, 0.05) is 36.9 Å². The molecule has 1 atom stereocenters. The van der Waals surface area contributed by atoms with E-state index >= 15 is 0 Å². The summed E-state index contributed by atoms with van der Waals surface area (Å²) in [5.74, 6) is 0.692. The molecule has 0 saturated carbocycles. The number of rotatable bonds is 4. The van der Waals surface area contributed by atoms with Crippen LogP contribution in [-0.4, -0.2) is 69.7 Å². The second kappa shape index (κ2) is 9.54. The van der Waals surface area contributed by atoms with E-state index in [1.165, 1.54) is 12.4 Å². The number of carbonyl (C=O) groups excluding carboxylic acids is 1. The molecule has 1 aromatic carbocycles. The lowest BCUT2D eigenvalue weighted by atomic mass is 9.97. The van der Waals surface area contributed by atoms with Gasteiger partial charge in [0.15, 0.2) is 0 Å². The van der Waals surface area contributed by atoms with Gasteiger partial charge in [0.2, 0.25) is 0 Å². The van der Waals surface area contributed by atoms with Crippen LogP contribution in [-0.2, 0) is 4.74 Å². The number of fused-ring (bicyclic) bond motifs is 1. The van der Waals surface area contributed by atoms with Gasteiger partial charge in [0.1, 0.15) is 29.2 Å². The summed E-state index contributed by atoms with van der Waals surface area (Å²) in [5.41, 5.74) is 3.82. The number of carbonyl (C=O) groups is 1. The molecule has 0 spiro atoms. The first-order chi connectivity index (χ1) is 17.2. The standard InChI is InChI=1S/C27H33FN6O2/c1-27(2,3)36-26(35)34-11-8-17(9-12-34)23-14-21-24(29-16-30-25(21)32-23)31-19-5-6-22(28)20(13-19)18-7-10-33(4)15-18/h5-6,8,13-14,16,18H,7,9-12,15H2,1-4H3,(H2,29,30,31,32)/t18-/m1/s1. The molecule has 5 rings (SSSR count). The Morgan fingerprint density at radius 1 is 1.22 bits per heavy atom. The fraction of sp³-hybridized carbons (Fsp3) is 0.444. The van der Waals surface area contributed by atoms with Gasteiger partial charge in [-0.25, -0.2) is 19.2 Å². The minimum atomic E-state index is -0.515. The van der Waals surface area contributed by atoms with Gasteiger partial charge >= 0.3 is 6.09 Å². The maximum absolute atomic E-state index is 14.6. The van der Waals surface area contributed by atoms with Crippen LogP contribution in [0.1, 0.15) is 50.8 Å². The van der Waals surface area contributed by atoms with E-state index < -0.39 is 5.60 Å². The molecule has 2 aromatic heterocycles. The molecule has 2 aliphatic heterocycles. The number of amides is 1. The molecule has 1 amide bonds. The van der Waals surface area contributed by atoms with Crippen LogP contribution >= 0.6 is 0 Å². The maximum Gasteiger partial charge on any atom is 0.410 e. The van der Waals surface area contributed by atoms with Gasteiger partial charge in [0.05, 0.1) is 5.39 Å². The van der Waals surface area contributed by atoms with E-state index in [9.17, 15) is 9.18 Å². The van der Waals surface area contributed by atoms with Crippen LogP contribution in [0.3, 0.4) is 0 Å². The molecule has 8 nitrogen and oxygen atoms in total. The highest BCUT2D eigenvalue weighted by Crippen LogP contribution is 2.33. The normalized spacial score (nSPS) is 19.0. The number of anilines is 2. The van der Waals surface area contributed by atoms with Crippen molar-refractivity contribution in [1.29, 1.82) is 0 Å². The summed E-state index contributed by atoms with van der Waals surface area (Å²) in [6.07, 6.45) is 4.93. The van der Waals surface area contributed by atoms with Gasteiger partial charge in [0.25, 0.3) is 0 Å². The average Bonchev–Trinajstić information content (AvgIpc) is 3.46. The molecule has 190 valence electrons. The van der Waals surface area contributed by atoms with Crippen molar-refractivity contribution in [2.75, 3.05) is 38.5 Å². The summed E-state index contributed by atoms with van der Waals surface area (Å²) in [6, 6.07) is 7.20. The number of hydrogen-bond donors (Lipinski definition) is 2. The number of likely N-dealkylation sites (N-methyl/N-ethyl adjacent to an activating group) is 1. The van der Waals surface area contributed by atoms with Gasteiger partial charge in [-0.2, -0.15) is 0 Å². The lowest BCUT2D eigenvalue weighted by molar-refractivity contribution is 0.0270. The molecule has 2 aliphatic rings. The third-order valence-corrected chi connectivity index (χ3v) is 6.72. The Morgan fingerprint density at radius 2 is 2.06 bits per heavy atom. The zero-order chi connectivity index (χ0) is 25.4. The summed E-state index contributed by atoms with van der Waals surface area (Å²) < 4.78 is 20.1. The third-order valence-electron chi connectivity index (χ3n) is 6.72. The number of halogens is 1. The highest BCUT2D eigenvalue weighted by Gasteiger charge is 2.25. The van der Waals surface area contributed by atoms with Crippen LogP contribution in [0.2, 0.25) is 0 Å². The smallest absolute Gasteiger partial charge is 0.410 e. The van der Waals surface area contributed by atoms with Gasteiger partial charge in [-0.15, -0.1) is 0 Å². The Kier molecular flexibility index (Phi) is 6.42. The first-order valence-electron chi connectivity index (χ1n) is 12.4. The zero-order valence-corrected chi connectivity index (χ0v) is 21.3. The molecule has 1 saturated heterocycles. The zero-order valence-electron chi connectivity index (χ0n) is 21.3. The van der Waals surface area contributed by atoms with Crippen molar-refractivity contribution in [3.8, 4) is 0 Å². The minimum Gasteiger partial charge on any atom is -0.444 e. The average molecular weight is 493 g/mol. The number of benzene rings is 1. The first-order valence-corrected chi connectivity index (χ1v) is 12.4. The molecule has 4 heterocycles. The molecule has 0 unspecified atom stereocenters. The fourth-order valence-corrected chi connectivity index (χ4v) is 4.88. The van der Waals surface area contributed by atoms with Crippen molar-refractivity contribution in [3.05, 3.63) is 53.7 Å². The SMILES string of the molecule is CN1CC[C@@H](c2cc(Nc3ncnc4[nH]c(C5=CCN(C(=O)OC(C)(C)C)CC5)cc34)ccc2F)C1. The van der Waals surface area contributed by atoms with E-state index in [1.807, 2.05) is 39.0 Å². The molecule has 9 heteroatoms. The van der Waals surface area contributed by atoms with E-state index in [0.717, 1.165) is 53.1 Å². The summed E-state index contributed by atoms with van der Waals surface area (Å²) in [4.78, 5) is 28.6. The second-order valence-electron chi connectivity index (χ2n) is 10.7. The Balaban J connectivity index is 1.35. The van der Waals surface area contributed by atoms with Crippen molar-refractivity contribution < 1.29 is 13.9 Å². The van der Waals surface area contributed by atoms with Gasteiger partial charge in [-0.3, -0.25) is 0 Å². The van der Waals surface area contributed by atoms with E-state index in [2.05, 4.69) is 32.2 Å². The molecule has 2 N–H and O–H groups in total. The van der Waals surface area contributed by atoms with Gasteiger partial charge < -0.3 is 24.8 Å². The quantitative estimate of drug-likeness (QED) is 0.515. The lowest BCUT2D eigenvalue weighted by Gasteiger charge is -2.29. The highest BCUT2D eigenvalue weighted by atomic mass is 19.1. The lowest BCUT2D eigenvalue weighted by Crippen LogP contribution is -2.39. The van der Waals surface area contributed by atoms with Crippen molar-refractivity contribution >= 4 is 34.2 Å². The van der Waals surface area contributed by atoms with Crippen LogP contribution in [0.25, 0.3) is 16.6 Å². The number of hydrogen-bond acceptors (Lipinski definition) is 6. The molecule has 0 aliphatic carbocycles. The van der Waals surface area contributed by atoms with E-state index in [4.69, 9.17) is 4.74 Å². The van der Waals surface area contributed by atoms with Crippen molar-refractivity contribution in [1.82, 2.24) is 24.8 Å². The Bertz CT molecular complexity index is 1310.